The van der Waals surface area contributed by atoms with Crippen LogP contribution >= 0.6 is 0 Å². The quantitative estimate of drug-likeness (QED) is 0.807. The fourth-order valence-corrected chi connectivity index (χ4v) is 2.16. The third kappa shape index (κ3) is 4.81. The van der Waals surface area contributed by atoms with Crippen molar-refractivity contribution in [1.29, 1.82) is 0 Å². The normalized spacial score (nSPS) is 15.4. The zero-order valence-corrected chi connectivity index (χ0v) is 12.9. The third-order valence-corrected chi connectivity index (χ3v) is 3.69. The molecule has 1 N–H and O–H groups in total. The molecule has 0 fully saturated rings. The maximum Gasteiger partial charge on any atom is 0.00967 e. The van der Waals surface area contributed by atoms with Crippen LogP contribution in [0.4, 0.5) is 0 Å². The molecule has 0 heterocycles. The lowest BCUT2D eigenvalue weighted by molar-refractivity contribution is 0.356. The third-order valence-electron chi connectivity index (χ3n) is 3.69. The predicted molar refractivity (Wildman–Crippen MR) is 81.1 cm³/mol. The minimum absolute atomic E-state index is 0.191. The van der Waals surface area contributed by atoms with Crippen molar-refractivity contribution in [2.75, 3.05) is 6.54 Å². The Kier molecular flexibility index (Phi) is 5.40. The van der Waals surface area contributed by atoms with Crippen LogP contribution in [0, 0.1) is 12.8 Å². The van der Waals surface area contributed by atoms with E-state index in [1.165, 1.54) is 17.5 Å². The van der Waals surface area contributed by atoms with E-state index in [4.69, 9.17) is 0 Å². The van der Waals surface area contributed by atoms with Crippen molar-refractivity contribution in [3.63, 3.8) is 0 Å². The highest BCUT2D eigenvalue weighted by Gasteiger charge is 2.20. The first-order chi connectivity index (χ1) is 8.33. The molecule has 1 rings (SSSR count). The number of hydrogen-bond acceptors (Lipinski definition) is 1. The lowest BCUT2D eigenvalue weighted by Gasteiger charge is -2.29. The molecule has 0 aromatic heterocycles. The van der Waals surface area contributed by atoms with Gasteiger partial charge >= 0.3 is 0 Å². The van der Waals surface area contributed by atoms with Crippen LogP contribution in [-0.4, -0.2) is 12.1 Å². The van der Waals surface area contributed by atoms with Gasteiger partial charge < -0.3 is 5.32 Å². The van der Waals surface area contributed by atoms with Gasteiger partial charge in [0.2, 0.25) is 0 Å². The van der Waals surface area contributed by atoms with Gasteiger partial charge in [0, 0.05) is 12.1 Å². The molecule has 0 bridgehead atoms. The number of benzene rings is 1. The van der Waals surface area contributed by atoms with Gasteiger partial charge in [-0.3, -0.25) is 0 Å². The minimum Gasteiger partial charge on any atom is -0.311 e. The van der Waals surface area contributed by atoms with Gasteiger partial charge in [0.15, 0.2) is 0 Å². The molecule has 1 aromatic rings. The first kappa shape index (κ1) is 15.2. The highest BCUT2D eigenvalue weighted by Crippen LogP contribution is 2.27. The molecule has 0 saturated heterocycles. The van der Waals surface area contributed by atoms with Crippen LogP contribution in [0.25, 0.3) is 0 Å². The Balaban J connectivity index is 2.81. The molecule has 102 valence electrons. The zero-order chi connectivity index (χ0) is 13.8. The summed E-state index contributed by atoms with van der Waals surface area (Å²) in [5.74, 6) is 1.32. The van der Waals surface area contributed by atoms with E-state index < -0.39 is 0 Å². The lowest BCUT2D eigenvalue weighted by atomic mass is 9.84. The molecule has 1 nitrogen and oxygen atoms in total. The van der Waals surface area contributed by atoms with E-state index in [-0.39, 0.29) is 5.54 Å². The van der Waals surface area contributed by atoms with Crippen molar-refractivity contribution in [3.8, 4) is 0 Å². The monoisotopic (exact) mass is 247 g/mol. The van der Waals surface area contributed by atoms with Crippen LogP contribution in [0.5, 0.6) is 0 Å². The van der Waals surface area contributed by atoms with Gasteiger partial charge in [-0.05, 0) is 45.1 Å². The highest BCUT2D eigenvalue weighted by molar-refractivity contribution is 5.25. The van der Waals surface area contributed by atoms with Gasteiger partial charge in [0.1, 0.15) is 0 Å². The molecular weight excluding hydrogens is 218 g/mol. The maximum atomic E-state index is 3.65. The van der Waals surface area contributed by atoms with E-state index in [0.29, 0.717) is 11.8 Å². The largest absolute Gasteiger partial charge is 0.311 e. The lowest BCUT2D eigenvalue weighted by Crippen LogP contribution is -2.39. The molecule has 1 heteroatoms. The van der Waals surface area contributed by atoms with Crippen LogP contribution in [0.15, 0.2) is 24.3 Å². The van der Waals surface area contributed by atoms with Gasteiger partial charge in [0.25, 0.3) is 0 Å². The molecule has 0 spiro atoms. The summed E-state index contributed by atoms with van der Waals surface area (Å²) in [5.41, 5.74) is 2.99. The number of nitrogens with one attached hydrogen (secondary N) is 1. The molecular formula is C17H29N. The fourth-order valence-electron chi connectivity index (χ4n) is 2.16. The topological polar surface area (TPSA) is 12.0 Å². The summed E-state index contributed by atoms with van der Waals surface area (Å²) < 4.78 is 0. The Hall–Kier alpha value is -0.820. The summed E-state index contributed by atoms with van der Waals surface area (Å²) in [6.07, 6.45) is 1.23. The maximum absolute atomic E-state index is 3.65. The Morgan fingerprint density at radius 2 is 1.67 bits per heavy atom. The highest BCUT2D eigenvalue weighted by atomic mass is 14.9. The Morgan fingerprint density at radius 3 is 2.11 bits per heavy atom. The van der Waals surface area contributed by atoms with Gasteiger partial charge in [-0.1, -0.05) is 50.1 Å². The molecule has 0 aliphatic heterocycles. The van der Waals surface area contributed by atoms with E-state index in [2.05, 4.69) is 71.1 Å². The average Bonchev–Trinajstić information content (AvgIpc) is 2.29. The van der Waals surface area contributed by atoms with Gasteiger partial charge in [-0.2, -0.15) is 0 Å². The van der Waals surface area contributed by atoms with E-state index in [0.717, 1.165) is 6.54 Å². The molecule has 2 atom stereocenters. The SMILES string of the molecule is CCC(C)C(CNC(C)(C)C)c1ccc(C)cc1. The van der Waals surface area contributed by atoms with E-state index >= 15 is 0 Å². The Labute approximate surface area is 113 Å². The van der Waals surface area contributed by atoms with Crippen LogP contribution in [0.3, 0.4) is 0 Å². The first-order valence-electron chi connectivity index (χ1n) is 7.15. The minimum atomic E-state index is 0.191. The van der Waals surface area contributed by atoms with Crippen LogP contribution in [0.2, 0.25) is 0 Å². The van der Waals surface area contributed by atoms with Crippen molar-refractivity contribution in [2.24, 2.45) is 5.92 Å². The van der Waals surface area contributed by atoms with Gasteiger partial charge in [0.05, 0.1) is 0 Å². The second-order valence-electron chi connectivity index (χ2n) is 6.53. The van der Waals surface area contributed by atoms with Crippen molar-refractivity contribution in [1.82, 2.24) is 5.32 Å². The molecule has 0 aliphatic rings. The van der Waals surface area contributed by atoms with Crippen molar-refractivity contribution in [3.05, 3.63) is 35.4 Å². The molecule has 0 aliphatic carbocycles. The summed E-state index contributed by atoms with van der Waals surface area (Å²) in [4.78, 5) is 0. The second-order valence-corrected chi connectivity index (χ2v) is 6.53. The van der Waals surface area contributed by atoms with Crippen molar-refractivity contribution < 1.29 is 0 Å². The van der Waals surface area contributed by atoms with E-state index in [1.54, 1.807) is 0 Å². The molecule has 0 amide bonds. The summed E-state index contributed by atoms with van der Waals surface area (Å²) in [5, 5.41) is 3.65. The number of rotatable bonds is 5. The van der Waals surface area contributed by atoms with Crippen LogP contribution in [0.1, 0.15) is 58.1 Å². The van der Waals surface area contributed by atoms with Gasteiger partial charge in [-0.15, -0.1) is 0 Å². The molecule has 18 heavy (non-hydrogen) atoms. The van der Waals surface area contributed by atoms with Crippen LogP contribution in [-0.2, 0) is 0 Å². The van der Waals surface area contributed by atoms with Crippen molar-refractivity contribution in [2.45, 2.75) is 59.4 Å². The number of aryl methyl sites for hydroxylation is 1. The van der Waals surface area contributed by atoms with Crippen LogP contribution < -0.4 is 5.32 Å². The first-order valence-corrected chi connectivity index (χ1v) is 7.15. The molecule has 0 radical (unpaired) electrons. The number of hydrogen-bond donors (Lipinski definition) is 1. The molecule has 2 unspecified atom stereocenters. The van der Waals surface area contributed by atoms with E-state index in [9.17, 15) is 0 Å². The summed E-state index contributed by atoms with van der Waals surface area (Å²) in [6, 6.07) is 9.02. The summed E-state index contributed by atoms with van der Waals surface area (Å²) in [7, 11) is 0. The molecule has 0 saturated carbocycles. The zero-order valence-electron chi connectivity index (χ0n) is 12.9. The van der Waals surface area contributed by atoms with Crippen molar-refractivity contribution >= 4 is 0 Å². The Morgan fingerprint density at radius 1 is 1.11 bits per heavy atom. The predicted octanol–water partition coefficient (Wildman–Crippen LogP) is 4.51. The smallest absolute Gasteiger partial charge is 0.00967 e. The average molecular weight is 247 g/mol. The summed E-state index contributed by atoms with van der Waals surface area (Å²) >= 11 is 0. The standard InChI is InChI=1S/C17H29N/c1-7-14(3)16(12-18-17(4,5)6)15-10-8-13(2)9-11-15/h8-11,14,16,18H,7,12H2,1-6H3. The second kappa shape index (κ2) is 6.38. The van der Waals surface area contributed by atoms with Gasteiger partial charge in [-0.25, -0.2) is 0 Å². The fraction of sp³-hybridized carbons (Fsp3) is 0.647. The summed E-state index contributed by atoms with van der Waals surface area (Å²) in [6.45, 7) is 14.5. The Bertz CT molecular complexity index is 345. The molecule has 1 aromatic carbocycles. The van der Waals surface area contributed by atoms with E-state index in [1.807, 2.05) is 0 Å².